The Bertz CT molecular complexity index is 790. The molecule has 0 spiro atoms. The minimum Gasteiger partial charge on any atom is -0.497 e. The van der Waals surface area contributed by atoms with Gasteiger partial charge in [-0.25, -0.2) is 5.43 Å². The average molecular weight is 375 g/mol. The number of hydrogen-bond acceptors (Lipinski definition) is 4. The molecule has 0 fully saturated rings. The van der Waals surface area contributed by atoms with Crippen molar-refractivity contribution < 1.29 is 14.3 Å². The number of halogens is 1. The zero-order valence-corrected chi connectivity index (χ0v) is 16.0. The fourth-order valence-corrected chi connectivity index (χ4v) is 2.53. The van der Waals surface area contributed by atoms with E-state index in [2.05, 4.69) is 10.5 Å². The minimum absolute atomic E-state index is 0.149. The predicted octanol–water partition coefficient (Wildman–Crippen LogP) is 4.36. The van der Waals surface area contributed by atoms with Crippen molar-refractivity contribution in [1.82, 2.24) is 5.43 Å². The summed E-state index contributed by atoms with van der Waals surface area (Å²) < 4.78 is 10.9. The van der Waals surface area contributed by atoms with Gasteiger partial charge in [0, 0.05) is 17.0 Å². The highest BCUT2D eigenvalue weighted by atomic mass is 35.5. The lowest BCUT2D eigenvalue weighted by molar-refractivity contribution is -0.121. The van der Waals surface area contributed by atoms with Crippen LogP contribution in [0, 0.1) is 6.92 Å². The number of carbonyl (C=O) groups excluding carboxylic acids is 1. The molecule has 26 heavy (non-hydrogen) atoms. The molecule has 0 aliphatic rings. The zero-order valence-electron chi connectivity index (χ0n) is 15.2. The van der Waals surface area contributed by atoms with Crippen molar-refractivity contribution >= 4 is 23.2 Å². The van der Waals surface area contributed by atoms with Crippen molar-refractivity contribution in [2.75, 3.05) is 13.7 Å². The Morgan fingerprint density at radius 1 is 1.23 bits per heavy atom. The maximum atomic E-state index is 11.9. The van der Waals surface area contributed by atoms with Gasteiger partial charge in [0.2, 0.25) is 5.91 Å². The summed E-state index contributed by atoms with van der Waals surface area (Å²) in [5.74, 6) is 1.38. The summed E-state index contributed by atoms with van der Waals surface area (Å²) in [6.07, 6.45) is 0.934. The van der Waals surface area contributed by atoms with Crippen LogP contribution in [0.2, 0.25) is 5.02 Å². The summed E-state index contributed by atoms with van der Waals surface area (Å²) in [7, 11) is 1.61. The molecule has 1 N–H and O–H groups in total. The molecule has 0 unspecified atom stereocenters. The van der Waals surface area contributed by atoms with Crippen LogP contribution < -0.4 is 14.9 Å². The Labute approximate surface area is 159 Å². The lowest BCUT2D eigenvalue weighted by Crippen LogP contribution is -2.19. The molecule has 6 heteroatoms. The van der Waals surface area contributed by atoms with Gasteiger partial charge >= 0.3 is 0 Å². The van der Waals surface area contributed by atoms with Gasteiger partial charge in [-0.3, -0.25) is 4.79 Å². The molecular formula is C20H23ClN2O3. The van der Waals surface area contributed by atoms with Crippen LogP contribution in [-0.2, 0) is 4.79 Å². The molecule has 138 valence electrons. The van der Waals surface area contributed by atoms with Gasteiger partial charge < -0.3 is 9.47 Å². The summed E-state index contributed by atoms with van der Waals surface area (Å²) in [6.45, 7) is 4.22. The highest BCUT2D eigenvalue weighted by Crippen LogP contribution is 2.21. The van der Waals surface area contributed by atoms with Crippen LogP contribution in [0.25, 0.3) is 0 Å². The van der Waals surface area contributed by atoms with Gasteiger partial charge in [0.25, 0.3) is 0 Å². The van der Waals surface area contributed by atoms with Gasteiger partial charge in [0.1, 0.15) is 11.5 Å². The van der Waals surface area contributed by atoms with E-state index in [1.807, 2.05) is 50.2 Å². The molecule has 0 aliphatic heterocycles. The summed E-state index contributed by atoms with van der Waals surface area (Å²) in [5.41, 5.74) is 5.15. The molecule has 0 bridgehead atoms. The topological polar surface area (TPSA) is 59.9 Å². The van der Waals surface area contributed by atoms with Crippen molar-refractivity contribution in [2.45, 2.75) is 26.7 Å². The molecule has 5 nitrogen and oxygen atoms in total. The van der Waals surface area contributed by atoms with Crippen molar-refractivity contribution in [1.29, 1.82) is 0 Å². The number of nitrogens with zero attached hydrogens (tertiary/aromatic N) is 1. The molecule has 0 aromatic heterocycles. The highest BCUT2D eigenvalue weighted by Gasteiger charge is 2.04. The number of hydrazone groups is 1. The van der Waals surface area contributed by atoms with Crippen LogP contribution in [0.1, 0.15) is 30.9 Å². The summed E-state index contributed by atoms with van der Waals surface area (Å²) in [5, 5.41) is 4.82. The number of methoxy groups -OCH3 is 1. The fourth-order valence-electron chi connectivity index (χ4n) is 2.30. The number of carbonyl (C=O) groups is 1. The Balaban J connectivity index is 1.76. The molecule has 0 saturated carbocycles. The Morgan fingerprint density at radius 3 is 2.77 bits per heavy atom. The molecule has 1 amide bonds. The maximum Gasteiger partial charge on any atom is 0.240 e. The van der Waals surface area contributed by atoms with E-state index in [1.54, 1.807) is 13.2 Å². The van der Waals surface area contributed by atoms with E-state index < -0.39 is 0 Å². The van der Waals surface area contributed by atoms with Crippen molar-refractivity contribution in [3.8, 4) is 11.5 Å². The van der Waals surface area contributed by atoms with Crippen LogP contribution in [0.5, 0.6) is 11.5 Å². The second-order valence-electron chi connectivity index (χ2n) is 5.83. The highest BCUT2D eigenvalue weighted by molar-refractivity contribution is 6.30. The number of amides is 1. The second-order valence-corrected chi connectivity index (χ2v) is 6.26. The fraction of sp³-hybridized carbons (Fsp3) is 0.300. The molecule has 0 saturated heterocycles. The van der Waals surface area contributed by atoms with E-state index in [0.717, 1.165) is 22.6 Å². The molecule has 2 aromatic carbocycles. The third-order valence-electron chi connectivity index (χ3n) is 3.78. The third kappa shape index (κ3) is 6.08. The monoisotopic (exact) mass is 374 g/mol. The standard InChI is InChI=1S/C20H23ClN2O3/c1-14-12-17(21)9-10-19(14)26-11-5-8-20(24)23-22-15(2)16-6-4-7-18(13-16)25-3/h4,6-7,9-10,12-13H,5,8,11H2,1-3H3,(H,23,24)/b22-15+. The van der Waals surface area contributed by atoms with E-state index in [4.69, 9.17) is 21.1 Å². The number of rotatable bonds is 8. The lowest BCUT2D eigenvalue weighted by Gasteiger charge is -2.09. The van der Waals surface area contributed by atoms with Crippen LogP contribution in [0.4, 0.5) is 0 Å². The third-order valence-corrected chi connectivity index (χ3v) is 4.01. The number of benzene rings is 2. The van der Waals surface area contributed by atoms with E-state index in [-0.39, 0.29) is 5.91 Å². The molecule has 0 atom stereocenters. The van der Waals surface area contributed by atoms with Crippen LogP contribution in [0.15, 0.2) is 47.6 Å². The normalized spacial score (nSPS) is 11.2. The first-order chi connectivity index (χ1) is 12.5. The van der Waals surface area contributed by atoms with E-state index in [0.29, 0.717) is 30.2 Å². The molecule has 2 aromatic rings. The largest absolute Gasteiger partial charge is 0.497 e. The van der Waals surface area contributed by atoms with E-state index in [1.165, 1.54) is 0 Å². The number of nitrogens with one attached hydrogen (secondary N) is 1. The van der Waals surface area contributed by atoms with Crippen molar-refractivity contribution in [3.05, 3.63) is 58.6 Å². The average Bonchev–Trinajstić information content (AvgIpc) is 2.64. The van der Waals surface area contributed by atoms with E-state index >= 15 is 0 Å². The Hall–Kier alpha value is -2.53. The first kappa shape index (κ1) is 19.8. The first-order valence-electron chi connectivity index (χ1n) is 8.36. The zero-order chi connectivity index (χ0) is 18.9. The number of hydrogen-bond donors (Lipinski definition) is 1. The minimum atomic E-state index is -0.149. The quantitative estimate of drug-likeness (QED) is 0.424. The molecule has 0 radical (unpaired) electrons. The second kappa shape index (κ2) is 9.82. The number of ether oxygens (including phenoxy) is 2. The van der Waals surface area contributed by atoms with Gasteiger partial charge in [-0.05, 0) is 56.2 Å². The van der Waals surface area contributed by atoms with Gasteiger partial charge in [0.05, 0.1) is 19.4 Å². The van der Waals surface area contributed by atoms with Gasteiger partial charge in [-0.1, -0.05) is 23.7 Å². The van der Waals surface area contributed by atoms with Crippen LogP contribution >= 0.6 is 11.6 Å². The van der Waals surface area contributed by atoms with Crippen molar-refractivity contribution in [2.24, 2.45) is 5.10 Å². The molecular weight excluding hydrogens is 352 g/mol. The number of aryl methyl sites for hydroxylation is 1. The molecule has 2 rings (SSSR count). The predicted molar refractivity (Wildman–Crippen MR) is 104 cm³/mol. The molecule has 0 heterocycles. The van der Waals surface area contributed by atoms with Crippen LogP contribution in [0.3, 0.4) is 0 Å². The van der Waals surface area contributed by atoms with Gasteiger partial charge in [-0.15, -0.1) is 0 Å². The first-order valence-corrected chi connectivity index (χ1v) is 8.74. The summed E-state index contributed by atoms with van der Waals surface area (Å²) in [4.78, 5) is 11.9. The van der Waals surface area contributed by atoms with Crippen LogP contribution in [-0.4, -0.2) is 25.3 Å². The van der Waals surface area contributed by atoms with Crippen molar-refractivity contribution in [3.63, 3.8) is 0 Å². The van der Waals surface area contributed by atoms with Gasteiger partial charge in [-0.2, -0.15) is 5.10 Å². The summed E-state index contributed by atoms with van der Waals surface area (Å²) in [6, 6.07) is 13.0. The maximum absolute atomic E-state index is 11.9. The SMILES string of the molecule is COc1cccc(/C(C)=N/NC(=O)CCCOc2ccc(Cl)cc2C)c1. The molecule has 0 aliphatic carbocycles. The Kier molecular flexibility index (Phi) is 7.48. The smallest absolute Gasteiger partial charge is 0.240 e. The lowest BCUT2D eigenvalue weighted by atomic mass is 10.1. The Morgan fingerprint density at radius 2 is 2.04 bits per heavy atom. The van der Waals surface area contributed by atoms with Gasteiger partial charge in [0.15, 0.2) is 0 Å². The van der Waals surface area contributed by atoms with E-state index in [9.17, 15) is 4.79 Å². The summed E-state index contributed by atoms with van der Waals surface area (Å²) >= 11 is 5.91.